The average molecular weight is 209 g/mol. The maximum atomic E-state index is 4.18. The van der Waals surface area contributed by atoms with Crippen molar-refractivity contribution in [1.82, 2.24) is 15.3 Å². The van der Waals surface area contributed by atoms with Crippen LogP contribution in [0, 0.1) is 5.92 Å². The molecule has 3 heteroatoms. The van der Waals surface area contributed by atoms with Crippen molar-refractivity contribution in [3.63, 3.8) is 0 Å². The van der Waals surface area contributed by atoms with Crippen molar-refractivity contribution < 1.29 is 0 Å². The number of H-pyrrole nitrogens is 1. The summed E-state index contributed by atoms with van der Waals surface area (Å²) in [6, 6.07) is 0.578. The SMILES string of the molecule is CC(C)CCC[C@H](C)NCc1ncc[nH]1. The first-order valence-corrected chi connectivity index (χ1v) is 5.90. The van der Waals surface area contributed by atoms with Crippen LogP contribution in [0.2, 0.25) is 0 Å². The lowest BCUT2D eigenvalue weighted by atomic mass is 10.0. The molecule has 15 heavy (non-hydrogen) atoms. The molecule has 0 saturated carbocycles. The van der Waals surface area contributed by atoms with Gasteiger partial charge in [0.25, 0.3) is 0 Å². The molecule has 0 spiro atoms. The van der Waals surface area contributed by atoms with Crippen molar-refractivity contribution in [1.29, 1.82) is 0 Å². The lowest BCUT2D eigenvalue weighted by Gasteiger charge is -2.13. The fourth-order valence-electron chi connectivity index (χ4n) is 1.60. The molecule has 1 rings (SSSR count). The topological polar surface area (TPSA) is 40.7 Å². The second kappa shape index (κ2) is 6.62. The van der Waals surface area contributed by atoms with Crippen LogP contribution >= 0.6 is 0 Å². The molecule has 3 nitrogen and oxygen atoms in total. The number of aromatic amines is 1. The highest BCUT2D eigenvalue weighted by Crippen LogP contribution is 2.08. The van der Waals surface area contributed by atoms with Crippen molar-refractivity contribution in [2.45, 2.75) is 52.6 Å². The summed E-state index contributed by atoms with van der Waals surface area (Å²) in [7, 11) is 0. The largest absolute Gasteiger partial charge is 0.348 e. The number of aromatic nitrogens is 2. The first-order chi connectivity index (χ1) is 7.18. The van der Waals surface area contributed by atoms with Crippen LogP contribution < -0.4 is 5.32 Å². The Morgan fingerprint density at radius 3 is 2.73 bits per heavy atom. The summed E-state index contributed by atoms with van der Waals surface area (Å²) in [5.74, 6) is 1.84. The van der Waals surface area contributed by atoms with Gasteiger partial charge in [-0.25, -0.2) is 4.98 Å². The third kappa shape index (κ3) is 5.57. The normalized spacial score (nSPS) is 13.3. The highest BCUT2D eigenvalue weighted by Gasteiger charge is 2.03. The predicted octanol–water partition coefficient (Wildman–Crippen LogP) is 2.71. The van der Waals surface area contributed by atoms with Crippen LogP contribution in [0.1, 0.15) is 45.9 Å². The van der Waals surface area contributed by atoms with Gasteiger partial charge in [-0.05, 0) is 19.3 Å². The van der Waals surface area contributed by atoms with Gasteiger partial charge < -0.3 is 10.3 Å². The summed E-state index contributed by atoms with van der Waals surface area (Å²) in [4.78, 5) is 7.27. The molecular formula is C12H23N3. The molecule has 0 fully saturated rings. The Morgan fingerprint density at radius 2 is 2.13 bits per heavy atom. The molecule has 1 aromatic rings. The highest BCUT2D eigenvalue weighted by molar-refractivity contribution is 4.86. The molecule has 0 saturated heterocycles. The van der Waals surface area contributed by atoms with Gasteiger partial charge in [-0.1, -0.05) is 26.7 Å². The number of imidazole rings is 1. The van der Waals surface area contributed by atoms with Crippen molar-refractivity contribution in [2.24, 2.45) is 5.92 Å². The van der Waals surface area contributed by atoms with E-state index in [1.54, 1.807) is 6.20 Å². The van der Waals surface area contributed by atoms with Gasteiger partial charge in [0, 0.05) is 18.4 Å². The van der Waals surface area contributed by atoms with E-state index in [4.69, 9.17) is 0 Å². The molecule has 2 N–H and O–H groups in total. The van der Waals surface area contributed by atoms with E-state index in [2.05, 4.69) is 36.1 Å². The van der Waals surface area contributed by atoms with Crippen LogP contribution in [0.4, 0.5) is 0 Å². The van der Waals surface area contributed by atoms with Crippen molar-refractivity contribution in [3.05, 3.63) is 18.2 Å². The van der Waals surface area contributed by atoms with Crippen LogP contribution in [-0.4, -0.2) is 16.0 Å². The van der Waals surface area contributed by atoms with Gasteiger partial charge >= 0.3 is 0 Å². The zero-order valence-corrected chi connectivity index (χ0v) is 10.1. The van der Waals surface area contributed by atoms with E-state index >= 15 is 0 Å². The number of hydrogen-bond donors (Lipinski definition) is 2. The molecule has 1 heterocycles. The number of rotatable bonds is 7. The molecular weight excluding hydrogens is 186 g/mol. The molecule has 0 aromatic carbocycles. The summed E-state index contributed by atoms with van der Waals surface area (Å²) in [6.07, 6.45) is 7.54. The van der Waals surface area contributed by atoms with E-state index in [9.17, 15) is 0 Å². The van der Waals surface area contributed by atoms with E-state index in [0.717, 1.165) is 18.3 Å². The second-order valence-corrected chi connectivity index (χ2v) is 4.64. The molecule has 1 aromatic heterocycles. The molecule has 0 amide bonds. The molecule has 0 bridgehead atoms. The van der Waals surface area contributed by atoms with E-state index in [0.29, 0.717) is 6.04 Å². The van der Waals surface area contributed by atoms with Gasteiger partial charge in [0.1, 0.15) is 5.82 Å². The monoisotopic (exact) mass is 209 g/mol. The number of nitrogens with one attached hydrogen (secondary N) is 2. The Kier molecular flexibility index (Phi) is 5.40. The molecule has 0 aliphatic rings. The summed E-state index contributed by atoms with van der Waals surface area (Å²) in [6.45, 7) is 7.64. The second-order valence-electron chi connectivity index (χ2n) is 4.64. The fraction of sp³-hybridized carbons (Fsp3) is 0.750. The average Bonchev–Trinajstić information content (AvgIpc) is 2.66. The number of hydrogen-bond acceptors (Lipinski definition) is 2. The Bertz CT molecular complexity index is 241. The van der Waals surface area contributed by atoms with Crippen LogP contribution in [0.5, 0.6) is 0 Å². The van der Waals surface area contributed by atoms with Gasteiger partial charge in [-0.15, -0.1) is 0 Å². The maximum Gasteiger partial charge on any atom is 0.120 e. The Labute approximate surface area is 92.7 Å². The zero-order chi connectivity index (χ0) is 11.1. The van der Waals surface area contributed by atoms with Crippen LogP contribution in [-0.2, 0) is 6.54 Å². The smallest absolute Gasteiger partial charge is 0.120 e. The van der Waals surface area contributed by atoms with Crippen molar-refractivity contribution >= 4 is 0 Å². The van der Waals surface area contributed by atoms with Gasteiger partial charge in [-0.2, -0.15) is 0 Å². The Hall–Kier alpha value is -0.830. The summed E-state index contributed by atoms with van der Waals surface area (Å²) in [5, 5.41) is 3.46. The molecule has 0 unspecified atom stereocenters. The van der Waals surface area contributed by atoms with Gasteiger partial charge in [0.2, 0.25) is 0 Å². The number of nitrogens with zero attached hydrogens (tertiary/aromatic N) is 1. The highest BCUT2D eigenvalue weighted by atomic mass is 15.0. The molecule has 0 aliphatic carbocycles. The predicted molar refractivity (Wildman–Crippen MR) is 63.6 cm³/mol. The fourth-order valence-corrected chi connectivity index (χ4v) is 1.60. The first-order valence-electron chi connectivity index (χ1n) is 5.90. The minimum absolute atomic E-state index is 0.578. The minimum Gasteiger partial charge on any atom is -0.348 e. The lowest BCUT2D eigenvalue weighted by Crippen LogP contribution is -2.25. The van der Waals surface area contributed by atoms with Gasteiger partial charge in [0.05, 0.1) is 6.54 Å². The van der Waals surface area contributed by atoms with Gasteiger partial charge in [-0.3, -0.25) is 0 Å². The first kappa shape index (κ1) is 12.2. The molecule has 0 radical (unpaired) electrons. The zero-order valence-electron chi connectivity index (χ0n) is 10.1. The molecule has 0 aliphatic heterocycles. The summed E-state index contributed by atoms with van der Waals surface area (Å²) in [5.41, 5.74) is 0. The van der Waals surface area contributed by atoms with Crippen LogP contribution in [0.15, 0.2) is 12.4 Å². The molecule has 86 valence electrons. The third-order valence-electron chi connectivity index (χ3n) is 2.59. The van der Waals surface area contributed by atoms with Crippen molar-refractivity contribution in [2.75, 3.05) is 0 Å². The van der Waals surface area contributed by atoms with Crippen LogP contribution in [0.25, 0.3) is 0 Å². The molecule has 1 atom stereocenters. The van der Waals surface area contributed by atoms with E-state index in [1.807, 2.05) is 6.20 Å². The Balaban J connectivity index is 2.06. The van der Waals surface area contributed by atoms with E-state index in [-0.39, 0.29) is 0 Å². The third-order valence-corrected chi connectivity index (χ3v) is 2.59. The van der Waals surface area contributed by atoms with Crippen molar-refractivity contribution in [3.8, 4) is 0 Å². The van der Waals surface area contributed by atoms with E-state index in [1.165, 1.54) is 19.3 Å². The maximum absolute atomic E-state index is 4.18. The Morgan fingerprint density at radius 1 is 1.33 bits per heavy atom. The van der Waals surface area contributed by atoms with Crippen LogP contribution in [0.3, 0.4) is 0 Å². The lowest BCUT2D eigenvalue weighted by molar-refractivity contribution is 0.453. The minimum atomic E-state index is 0.578. The summed E-state index contributed by atoms with van der Waals surface area (Å²) < 4.78 is 0. The van der Waals surface area contributed by atoms with E-state index < -0.39 is 0 Å². The quantitative estimate of drug-likeness (QED) is 0.725. The standard InChI is InChI=1S/C12H23N3/c1-10(2)5-4-6-11(3)15-9-12-13-7-8-14-12/h7-8,10-11,15H,4-6,9H2,1-3H3,(H,13,14)/t11-/m0/s1. The summed E-state index contributed by atoms with van der Waals surface area (Å²) >= 11 is 0. The van der Waals surface area contributed by atoms with Gasteiger partial charge in [0.15, 0.2) is 0 Å².